The normalized spacial score (nSPS) is 30.6. The average Bonchev–Trinajstić information content (AvgIpc) is 2.69. The molecule has 0 radical (unpaired) electrons. The van der Waals surface area contributed by atoms with E-state index in [9.17, 15) is 4.39 Å². The summed E-state index contributed by atoms with van der Waals surface area (Å²) in [4.78, 5) is 0. The molecular formula is C18H28FNO. The third-order valence-corrected chi connectivity index (χ3v) is 4.87. The first-order valence-corrected chi connectivity index (χ1v) is 8.10. The minimum atomic E-state index is -0.122. The smallest absolute Gasteiger partial charge is 0.126 e. The Balaban J connectivity index is 2.31. The van der Waals surface area contributed by atoms with Crippen LogP contribution in [0.5, 0.6) is 0 Å². The van der Waals surface area contributed by atoms with E-state index in [0.717, 1.165) is 18.5 Å². The highest BCUT2D eigenvalue weighted by atomic mass is 19.1. The Bertz CT molecular complexity index is 476. The number of benzene rings is 1. The fraction of sp³-hybridized carbons (Fsp3) is 0.667. The van der Waals surface area contributed by atoms with Crippen molar-refractivity contribution in [3.05, 3.63) is 35.1 Å². The minimum absolute atomic E-state index is 0.122. The molecule has 1 saturated heterocycles. The van der Waals surface area contributed by atoms with Gasteiger partial charge in [-0.3, -0.25) is 0 Å². The molecule has 5 atom stereocenters. The molecule has 1 aromatic carbocycles. The first kappa shape index (κ1) is 16.4. The third-order valence-electron chi connectivity index (χ3n) is 4.87. The quantitative estimate of drug-likeness (QED) is 0.877. The van der Waals surface area contributed by atoms with Crippen molar-refractivity contribution in [3.63, 3.8) is 0 Å². The van der Waals surface area contributed by atoms with Crippen molar-refractivity contribution in [1.82, 2.24) is 5.32 Å². The summed E-state index contributed by atoms with van der Waals surface area (Å²) in [5, 5.41) is 3.61. The van der Waals surface area contributed by atoms with Crippen molar-refractivity contribution in [2.75, 3.05) is 6.54 Å². The summed E-state index contributed by atoms with van der Waals surface area (Å²) in [7, 11) is 0. The van der Waals surface area contributed by atoms with Gasteiger partial charge >= 0.3 is 0 Å². The molecule has 1 aliphatic rings. The maximum atomic E-state index is 14.0. The highest BCUT2D eigenvalue weighted by molar-refractivity contribution is 5.27. The molecule has 0 amide bonds. The Hall–Kier alpha value is -0.930. The summed E-state index contributed by atoms with van der Waals surface area (Å²) in [6.45, 7) is 11.4. The summed E-state index contributed by atoms with van der Waals surface area (Å²) >= 11 is 0. The van der Waals surface area contributed by atoms with Gasteiger partial charge in [-0.2, -0.15) is 0 Å². The van der Waals surface area contributed by atoms with Crippen LogP contribution in [0, 0.1) is 24.6 Å². The minimum Gasteiger partial charge on any atom is -0.375 e. The number of ether oxygens (including phenoxy) is 1. The van der Waals surface area contributed by atoms with Crippen LogP contribution in [-0.2, 0) is 4.74 Å². The molecule has 118 valence electrons. The van der Waals surface area contributed by atoms with Gasteiger partial charge in [0.15, 0.2) is 0 Å². The molecule has 5 unspecified atom stereocenters. The van der Waals surface area contributed by atoms with Crippen LogP contribution < -0.4 is 5.32 Å². The average molecular weight is 293 g/mol. The first-order valence-electron chi connectivity index (χ1n) is 8.10. The van der Waals surface area contributed by atoms with E-state index in [1.54, 1.807) is 13.0 Å². The van der Waals surface area contributed by atoms with Crippen LogP contribution in [0.15, 0.2) is 18.2 Å². The van der Waals surface area contributed by atoms with Crippen molar-refractivity contribution in [1.29, 1.82) is 0 Å². The van der Waals surface area contributed by atoms with Crippen LogP contribution in [0.4, 0.5) is 4.39 Å². The number of nitrogens with one attached hydrogen (secondary N) is 1. The zero-order valence-corrected chi connectivity index (χ0v) is 13.8. The van der Waals surface area contributed by atoms with E-state index in [1.807, 2.05) is 12.1 Å². The van der Waals surface area contributed by atoms with Crippen molar-refractivity contribution in [2.45, 2.75) is 59.3 Å². The van der Waals surface area contributed by atoms with Crippen LogP contribution in [-0.4, -0.2) is 18.8 Å². The number of hydrogen-bond donors (Lipinski definition) is 1. The van der Waals surface area contributed by atoms with Crippen molar-refractivity contribution in [2.24, 2.45) is 11.8 Å². The van der Waals surface area contributed by atoms with E-state index in [4.69, 9.17) is 4.74 Å². The fourth-order valence-corrected chi connectivity index (χ4v) is 3.45. The summed E-state index contributed by atoms with van der Waals surface area (Å²) in [6.07, 6.45) is 1.51. The lowest BCUT2D eigenvalue weighted by Gasteiger charge is -2.30. The standard InChI is InChI=1S/C18H28FNO/c1-6-9-20-18(15-8-7-11(2)16(19)10-15)17-12(3)13(4)21-14(17)5/h7-8,10,12-14,17-18,20H,6,9H2,1-5H3. The van der Waals surface area contributed by atoms with E-state index in [-0.39, 0.29) is 24.1 Å². The second-order valence-corrected chi connectivity index (χ2v) is 6.42. The highest BCUT2D eigenvalue weighted by Crippen LogP contribution is 2.40. The highest BCUT2D eigenvalue weighted by Gasteiger charge is 2.42. The van der Waals surface area contributed by atoms with E-state index < -0.39 is 0 Å². The maximum absolute atomic E-state index is 14.0. The zero-order valence-electron chi connectivity index (χ0n) is 13.8. The van der Waals surface area contributed by atoms with Crippen LogP contribution in [0.3, 0.4) is 0 Å². The zero-order chi connectivity index (χ0) is 15.6. The lowest BCUT2D eigenvalue weighted by Crippen LogP contribution is -2.35. The summed E-state index contributed by atoms with van der Waals surface area (Å²) < 4.78 is 19.9. The lowest BCUT2D eigenvalue weighted by atomic mass is 9.80. The molecule has 0 bridgehead atoms. The fourth-order valence-electron chi connectivity index (χ4n) is 3.45. The summed E-state index contributed by atoms with van der Waals surface area (Å²) in [5.41, 5.74) is 1.73. The largest absolute Gasteiger partial charge is 0.375 e. The van der Waals surface area contributed by atoms with E-state index in [2.05, 4.69) is 33.0 Å². The van der Waals surface area contributed by atoms with Crippen LogP contribution >= 0.6 is 0 Å². The van der Waals surface area contributed by atoms with Gasteiger partial charge in [-0.05, 0) is 56.8 Å². The molecule has 1 aliphatic heterocycles. The molecule has 0 aliphatic carbocycles. The predicted octanol–water partition coefficient (Wildman–Crippen LogP) is 4.23. The van der Waals surface area contributed by atoms with Gasteiger partial charge in [0.25, 0.3) is 0 Å². The second-order valence-electron chi connectivity index (χ2n) is 6.42. The Labute approximate surface area is 128 Å². The van der Waals surface area contributed by atoms with Crippen LogP contribution in [0.2, 0.25) is 0 Å². The van der Waals surface area contributed by atoms with Gasteiger partial charge in [0.1, 0.15) is 5.82 Å². The molecule has 0 aromatic heterocycles. The van der Waals surface area contributed by atoms with Gasteiger partial charge in [0, 0.05) is 12.0 Å². The molecule has 3 heteroatoms. The molecular weight excluding hydrogens is 265 g/mol. The monoisotopic (exact) mass is 293 g/mol. The number of rotatable bonds is 5. The van der Waals surface area contributed by atoms with E-state index in [1.165, 1.54) is 0 Å². The Morgan fingerprint density at radius 3 is 2.48 bits per heavy atom. The van der Waals surface area contributed by atoms with Gasteiger partial charge < -0.3 is 10.1 Å². The number of aryl methyl sites for hydroxylation is 1. The molecule has 21 heavy (non-hydrogen) atoms. The molecule has 1 heterocycles. The van der Waals surface area contributed by atoms with Crippen molar-refractivity contribution >= 4 is 0 Å². The Morgan fingerprint density at radius 1 is 1.24 bits per heavy atom. The SMILES string of the molecule is CCCNC(c1ccc(C)c(F)c1)C1C(C)OC(C)C1C. The lowest BCUT2D eigenvalue weighted by molar-refractivity contribution is 0.0475. The van der Waals surface area contributed by atoms with Crippen LogP contribution in [0.25, 0.3) is 0 Å². The van der Waals surface area contributed by atoms with Gasteiger partial charge in [-0.1, -0.05) is 26.0 Å². The summed E-state index contributed by atoms with van der Waals surface area (Å²) in [5.74, 6) is 0.704. The predicted molar refractivity (Wildman–Crippen MR) is 84.8 cm³/mol. The molecule has 1 fully saturated rings. The molecule has 0 saturated carbocycles. The Morgan fingerprint density at radius 2 is 1.95 bits per heavy atom. The van der Waals surface area contributed by atoms with Crippen molar-refractivity contribution < 1.29 is 9.13 Å². The first-order chi connectivity index (χ1) is 9.95. The summed E-state index contributed by atoms with van der Waals surface area (Å²) in [6, 6.07) is 5.76. The van der Waals surface area contributed by atoms with E-state index in [0.29, 0.717) is 17.4 Å². The van der Waals surface area contributed by atoms with Gasteiger partial charge in [-0.15, -0.1) is 0 Å². The number of halogens is 1. The number of hydrogen-bond acceptors (Lipinski definition) is 2. The maximum Gasteiger partial charge on any atom is 0.126 e. The molecule has 1 N–H and O–H groups in total. The van der Waals surface area contributed by atoms with E-state index >= 15 is 0 Å². The van der Waals surface area contributed by atoms with Gasteiger partial charge in [0.2, 0.25) is 0 Å². The third kappa shape index (κ3) is 3.46. The second kappa shape index (κ2) is 6.89. The Kier molecular flexibility index (Phi) is 5.39. The van der Waals surface area contributed by atoms with Gasteiger partial charge in [0.05, 0.1) is 12.2 Å². The van der Waals surface area contributed by atoms with Crippen molar-refractivity contribution in [3.8, 4) is 0 Å². The van der Waals surface area contributed by atoms with Crippen LogP contribution in [0.1, 0.15) is 51.3 Å². The molecule has 1 aromatic rings. The molecule has 2 rings (SSSR count). The van der Waals surface area contributed by atoms with Gasteiger partial charge in [-0.25, -0.2) is 4.39 Å². The molecule has 0 spiro atoms. The molecule has 2 nitrogen and oxygen atoms in total. The topological polar surface area (TPSA) is 21.3 Å².